The van der Waals surface area contributed by atoms with Crippen molar-refractivity contribution in [3.63, 3.8) is 0 Å². The molecule has 1 fully saturated rings. The maximum Gasteiger partial charge on any atom is 0.232 e. The molecule has 1 aliphatic rings. The predicted octanol–water partition coefficient (Wildman–Crippen LogP) is 3.05. The normalized spacial score (nSPS) is 16.1. The molecule has 142 valence electrons. The van der Waals surface area contributed by atoms with E-state index in [-0.39, 0.29) is 11.7 Å². The highest BCUT2D eigenvalue weighted by atomic mass is 32.2. The molecule has 4 rings (SSSR count). The molecule has 6 heteroatoms. The second-order valence-electron chi connectivity index (χ2n) is 7.06. The second kappa shape index (κ2) is 8.23. The lowest BCUT2D eigenvalue weighted by Crippen LogP contribution is -2.35. The van der Waals surface area contributed by atoms with E-state index < -0.39 is 10.8 Å². The van der Waals surface area contributed by atoms with Gasteiger partial charge in [0.2, 0.25) is 5.91 Å². The minimum atomic E-state index is -1.23. The van der Waals surface area contributed by atoms with Gasteiger partial charge in [-0.15, -0.1) is 0 Å². The van der Waals surface area contributed by atoms with E-state index in [1.165, 1.54) is 12.8 Å². The summed E-state index contributed by atoms with van der Waals surface area (Å²) >= 11 is 0. The Morgan fingerprint density at radius 1 is 1.07 bits per heavy atom. The van der Waals surface area contributed by atoms with Gasteiger partial charge in [0.25, 0.3) is 0 Å². The van der Waals surface area contributed by atoms with Gasteiger partial charge < -0.3 is 14.6 Å². The van der Waals surface area contributed by atoms with Gasteiger partial charge in [-0.2, -0.15) is 0 Å². The Balaban J connectivity index is 1.33. The molecule has 1 saturated heterocycles. The van der Waals surface area contributed by atoms with Gasteiger partial charge in [0.15, 0.2) is 0 Å². The molecule has 1 atom stereocenters. The lowest BCUT2D eigenvalue weighted by molar-refractivity contribution is -0.118. The van der Waals surface area contributed by atoms with Gasteiger partial charge in [-0.1, -0.05) is 24.3 Å². The third-order valence-electron chi connectivity index (χ3n) is 5.01. The number of carbonyl (C=O) groups is 1. The van der Waals surface area contributed by atoms with Crippen molar-refractivity contribution < 1.29 is 13.4 Å². The number of likely N-dealkylation sites (tertiary alicyclic amines) is 1. The van der Waals surface area contributed by atoms with Crippen LogP contribution in [0.5, 0.6) is 0 Å². The van der Waals surface area contributed by atoms with Crippen molar-refractivity contribution in [1.29, 1.82) is 0 Å². The third-order valence-corrected chi connectivity index (χ3v) is 6.25. The number of rotatable bonds is 7. The fourth-order valence-corrected chi connectivity index (χ4v) is 4.70. The van der Waals surface area contributed by atoms with Crippen LogP contribution in [0.25, 0.3) is 21.9 Å². The van der Waals surface area contributed by atoms with E-state index in [2.05, 4.69) is 10.2 Å². The van der Waals surface area contributed by atoms with Crippen LogP contribution in [0.2, 0.25) is 0 Å². The van der Waals surface area contributed by atoms with E-state index in [1.54, 1.807) is 0 Å². The van der Waals surface area contributed by atoms with E-state index in [4.69, 9.17) is 4.42 Å². The van der Waals surface area contributed by atoms with Crippen molar-refractivity contribution in [3.8, 4) is 0 Å². The molecule has 0 spiro atoms. The number of fused-ring (bicyclic) bond motifs is 3. The number of para-hydroxylation sites is 1. The van der Waals surface area contributed by atoms with Crippen molar-refractivity contribution in [2.24, 2.45) is 0 Å². The Morgan fingerprint density at radius 3 is 2.70 bits per heavy atom. The van der Waals surface area contributed by atoms with Gasteiger partial charge in [0.05, 0.1) is 0 Å². The van der Waals surface area contributed by atoms with E-state index in [1.807, 2.05) is 42.5 Å². The molecular formula is C21H24N2O3S. The van der Waals surface area contributed by atoms with Crippen LogP contribution < -0.4 is 5.32 Å². The Kier molecular flexibility index (Phi) is 5.55. The molecule has 1 aliphatic heterocycles. The van der Waals surface area contributed by atoms with Crippen molar-refractivity contribution in [2.75, 3.05) is 31.9 Å². The zero-order valence-corrected chi connectivity index (χ0v) is 16.1. The van der Waals surface area contributed by atoms with Gasteiger partial charge in [0.1, 0.15) is 16.9 Å². The summed E-state index contributed by atoms with van der Waals surface area (Å²) in [6.07, 6.45) is 2.49. The van der Waals surface area contributed by atoms with Crippen molar-refractivity contribution in [2.45, 2.75) is 18.6 Å². The highest BCUT2D eigenvalue weighted by Crippen LogP contribution is 2.29. The molecule has 5 nitrogen and oxygen atoms in total. The number of hydrogen-bond donors (Lipinski definition) is 1. The molecule has 2 heterocycles. The maximum atomic E-state index is 12.4. The molecule has 1 aromatic heterocycles. The minimum absolute atomic E-state index is 0.0458. The third kappa shape index (κ3) is 4.39. The average molecular weight is 385 g/mol. The smallest absolute Gasteiger partial charge is 0.232 e. The van der Waals surface area contributed by atoms with Gasteiger partial charge >= 0.3 is 0 Å². The standard InChI is InChI=1S/C21H24N2O3S/c24-21(22-9-12-23-10-3-4-11-23)15-27(25)14-16-7-8-20-18(13-16)17-5-1-2-6-19(17)26-20/h1-2,5-8,13H,3-4,9-12,14-15H2,(H,22,24). The number of furan rings is 1. The number of hydrogen-bond acceptors (Lipinski definition) is 4. The Labute approximate surface area is 161 Å². The van der Waals surface area contributed by atoms with Crippen molar-refractivity contribution in [3.05, 3.63) is 48.0 Å². The molecule has 1 N–H and O–H groups in total. The van der Waals surface area contributed by atoms with Crippen LogP contribution >= 0.6 is 0 Å². The van der Waals surface area contributed by atoms with Crippen LogP contribution in [0.4, 0.5) is 0 Å². The number of nitrogens with one attached hydrogen (secondary N) is 1. The fourth-order valence-electron chi connectivity index (χ4n) is 3.66. The molecule has 0 aliphatic carbocycles. The van der Waals surface area contributed by atoms with Crippen LogP contribution in [0, 0.1) is 0 Å². The largest absolute Gasteiger partial charge is 0.456 e. The molecule has 3 aromatic rings. The Hall–Kier alpha value is -2.18. The summed E-state index contributed by atoms with van der Waals surface area (Å²) in [5.74, 6) is 0.279. The molecule has 1 amide bonds. The monoisotopic (exact) mass is 384 g/mol. The first-order valence-corrected chi connectivity index (χ1v) is 10.9. The molecule has 0 bridgehead atoms. The van der Waals surface area contributed by atoms with E-state index >= 15 is 0 Å². The molecule has 27 heavy (non-hydrogen) atoms. The number of nitrogens with zero attached hydrogens (tertiary/aromatic N) is 1. The summed E-state index contributed by atoms with van der Waals surface area (Å²) in [7, 11) is -1.23. The Bertz CT molecular complexity index is 976. The molecular weight excluding hydrogens is 360 g/mol. The summed E-state index contributed by atoms with van der Waals surface area (Å²) in [5, 5.41) is 4.97. The zero-order chi connectivity index (χ0) is 18.6. The lowest BCUT2D eigenvalue weighted by Gasteiger charge is -2.14. The molecule has 0 saturated carbocycles. The quantitative estimate of drug-likeness (QED) is 0.680. The van der Waals surface area contributed by atoms with Crippen LogP contribution in [0.15, 0.2) is 46.9 Å². The van der Waals surface area contributed by atoms with Gasteiger partial charge in [-0.25, -0.2) is 0 Å². The highest BCUT2D eigenvalue weighted by molar-refractivity contribution is 7.84. The maximum absolute atomic E-state index is 12.4. The van der Waals surface area contributed by atoms with Gasteiger partial charge in [-0.3, -0.25) is 9.00 Å². The molecule has 0 radical (unpaired) electrons. The number of amides is 1. The van der Waals surface area contributed by atoms with E-state index in [9.17, 15) is 9.00 Å². The minimum Gasteiger partial charge on any atom is -0.456 e. The van der Waals surface area contributed by atoms with Crippen molar-refractivity contribution >= 4 is 38.6 Å². The first-order chi connectivity index (χ1) is 13.2. The fraction of sp³-hybridized carbons (Fsp3) is 0.381. The average Bonchev–Trinajstić information content (AvgIpc) is 3.29. The highest BCUT2D eigenvalue weighted by Gasteiger charge is 2.13. The van der Waals surface area contributed by atoms with Gasteiger partial charge in [0, 0.05) is 40.4 Å². The van der Waals surface area contributed by atoms with Crippen LogP contribution in [-0.4, -0.2) is 46.9 Å². The summed E-state index contributed by atoms with van der Waals surface area (Å²) in [5.41, 5.74) is 2.63. The summed E-state index contributed by atoms with van der Waals surface area (Å²) in [6, 6.07) is 13.8. The zero-order valence-electron chi connectivity index (χ0n) is 15.3. The molecule has 2 aromatic carbocycles. The predicted molar refractivity (Wildman–Crippen MR) is 109 cm³/mol. The van der Waals surface area contributed by atoms with E-state index in [0.717, 1.165) is 47.1 Å². The summed E-state index contributed by atoms with van der Waals surface area (Å²) in [6.45, 7) is 3.74. The van der Waals surface area contributed by atoms with Crippen LogP contribution in [0.3, 0.4) is 0 Å². The molecule has 1 unspecified atom stereocenters. The number of carbonyl (C=O) groups excluding carboxylic acids is 1. The Morgan fingerprint density at radius 2 is 1.85 bits per heavy atom. The summed E-state index contributed by atoms with van der Waals surface area (Å²) in [4.78, 5) is 14.4. The second-order valence-corrected chi connectivity index (χ2v) is 8.51. The van der Waals surface area contributed by atoms with Crippen LogP contribution in [0.1, 0.15) is 18.4 Å². The summed E-state index contributed by atoms with van der Waals surface area (Å²) < 4.78 is 18.2. The van der Waals surface area contributed by atoms with Crippen LogP contribution in [-0.2, 0) is 21.3 Å². The number of benzene rings is 2. The van der Waals surface area contributed by atoms with Gasteiger partial charge in [-0.05, 0) is 49.7 Å². The van der Waals surface area contributed by atoms with Crippen molar-refractivity contribution in [1.82, 2.24) is 10.2 Å². The lowest BCUT2D eigenvalue weighted by atomic mass is 10.1. The first-order valence-electron chi connectivity index (χ1n) is 9.43. The first kappa shape index (κ1) is 18.2. The van der Waals surface area contributed by atoms with E-state index in [0.29, 0.717) is 12.3 Å². The topological polar surface area (TPSA) is 62.6 Å². The SMILES string of the molecule is O=C(CS(=O)Cc1ccc2oc3ccccc3c2c1)NCCN1CCCC1.